The van der Waals surface area contributed by atoms with Crippen LogP contribution < -0.4 is 5.46 Å². The van der Waals surface area contributed by atoms with Crippen LogP contribution in [0.15, 0.2) is 36.5 Å². The SMILES string of the molecule is Bc1cccc2c1-n1cccc1C2=O. The Balaban J connectivity index is 2.46. The summed E-state index contributed by atoms with van der Waals surface area (Å²) in [5, 5.41) is 0. The Hall–Kier alpha value is -1.77. The third kappa shape index (κ3) is 0.745. The minimum Gasteiger partial charge on any atom is -0.313 e. The number of carbonyl (C=O) groups excluding carboxylic acids is 1. The quantitative estimate of drug-likeness (QED) is 0.456. The van der Waals surface area contributed by atoms with E-state index < -0.39 is 0 Å². The first-order chi connectivity index (χ1) is 6.79. The second-order valence-electron chi connectivity index (χ2n) is 3.56. The molecule has 3 heteroatoms. The number of fused-ring (bicyclic) bond motifs is 3. The van der Waals surface area contributed by atoms with E-state index >= 15 is 0 Å². The fraction of sp³-hybridized carbons (Fsp3) is 0. The van der Waals surface area contributed by atoms with Crippen LogP contribution in [0.25, 0.3) is 5.69 Å². The number of benzene rings is 1. The number of rotatable bonds is 0. The van der Waals surface area contributed by atoms with Crippen molar-refractivity contribution in [2.75, 3.05) is 0 Å². The van der Waals surface area contributed by atoms with Crippen LogP contribution in [0.2, 0.25) is 0 Å². The number of para-hydroxylation sites is 1. The molecule has 0 unspecified atom stereocenters. The number of hydrogen-bond acceptors (Lipinski definition) is 1. The van der Waals surface area contributed by atoms with Crippen LogP contribution in [0, 0.1) is 0 Å². The van der Waals surface area contributed by atoms with E-state index in [1.165, 1.54) is 0 Å². The van der Waals surface area contributed by atoms with Gasteiger partial charge in [0.1, 0.15) is 7.85 Å². The fourth-order valence-electron chi connectivity index (χ4n) is 2.06. The summed E-state index contributed by atoms with van der Waals surface area (Å²) < 4.78 is 1.97. The second kappa shape index (κ2) is 2.38. The van der Waals surface area contributed by atoms with E-state index in [0.717, 1.165) is 22.4 Å². The largest absolute Gasteiger partial charge is 0.313 e. The number of aromatic nitrogens is 1. The van der Waals surface area contributed by atoms with E-state index in [2.05, 4.69) is 0 Å². The van der Waals surface area contributed by atoms with Gasteiger partial charge in [0, 0.05) is 11.8 Å². The smallest absolute Gasteiger partial charge is 0.211 e. The summed E-state index contributed by atoms with van der Waals surface area (Å²) in [4.78, 5) is 11.9. The van der Waals surface area contributed by atoms with E-state index in [1.807, 2.05) is 48.9 Å². The molecule has 0 saturated carbocycles. The van der Waals surface area contributed by atoms with E-state index in [-0.39, 0.29) is 5.78 Å². The van der Waals surface area contributed by atoms with Crippen LogP contribution in [-0.4, -0.2) is 18.2 Å². The van der Waals surface area contributed by atoms with Crippen molar-refractivity contribution < 1.29 is 4.79 Å². The average Bonchev–Trinajstić information content (AvgIpc) is 2.72. The monoisotopic (exact) mass is 181 g/mol. The third-order valence-corrected chi connectivity index (χ3v) is 2.70. The van der Waals surface area contributed by atoms with Gasteiger partial charge in [-0.3, -0.25) is 4.79 Å². The van der Waals surface area contributed by atoms with Crippen molar-refractivity contribution in [2.24, 2.45) is 0 Å². The maximum atomic E-state index is 11.9. The van der Waals surface area contributed by atoms with Crippen molar-refractivity contribution in [3.8, 4) is 5.69 Å². The molecule has 0 fully saturated rings. The first kappa shape index (κ1) is 7.62. The number of hydrogen-bond donors (Lipinski definition) is 0. The van der Waals surface area contributed by atoms with Gasteiger partial charge in [0.25, 0.3) is 0 Å². The van der Waals surface area contributed by atoms with Crippen molar-refractivity contribution in [1.82, 2.24) is 4.57 Å². The van der Waals surface area contributed by atoms with Crippen LogP contribution in [0.3, 0.4) is 0 Å². The molecule has 0 bridgehead atoms. The molecule has 1 aliphatic heterocycles. The van der Waals surface area contributed by atoms with Crippen molar-refractivity contribution >= 4 is 19.1 Å². The molecule has 0 atom stereocenters. The standard InChI is InChI=1S/C11H8BNO/c12-8-4-1-3-7-10(8)13-6-2-5-9(13)11(7)14/h1-6H,12H2. The highest BCUT2D eigenvalue weighted by molar-refractivity contribution is 6.36. The van der Waals surface area contributed by atoms with Gasteiger partial charge in [0.15, 0.2) is 0 Å². The van der Waals surface area contributed by atoms with E-state index in [9.17, 15) is 4.79 Å². The van der Waals surface area contributed by atoms with E-state index in [0.29, 0.717) is 0 Å². The number of nitrogens with zero attached hydrogens (tertiary/aromatic N) is 1. The van der Waals surface area contributed by atoms with Gasteiger partial charge in [-0.05, 0) is 18.2 Å². The minimum absolute atomic E-state index is 0.133. The Kier molecular flexibility index (Phi) is 1.30. The highest BCUT2D eigenvalue weighted by atomic mass is 16.1. The fourth-order valence-corrected chi connectivity index (χ4v) is 2.06. The molecule has 2 aromatic rings. The summed E-state index contributed by atoms with van der Waals surface area (Å²) in [6, 6.07) is 9.61. The van der Waals surface area contributed by atoms with Gasteiger partial charge in [-0.25, -0.2) is 0 Å². The lowest BCUT2D eigenvalue weighted by Gasteiger charge is -2.04. The molecule has 1 aromatic carbocycles. The first-order valence-corrected chi connectivity index (χ1v) is 4.61. The molecule has 14 heavy (non-hydrogen) atoms. The van der Waals surface area contributed by atoms with Gasteiger partial charge in [-0.1, -0.05) is 17.6 Å². The Labute approximate surface area is 82.6 Å². The van der Waals surface area contributed by atoms with Gasteiger partial charge in [-0.2, -0.15) is 0 Å². The molecule has 0 aliphatic carbocycles. The molecule has 2 nitrogen and oxygen atoms in total. The van der Waals surface area contributed by atoms with Gasteiger partial charge in [-0.15, -0.1) is 0 Å². The average molecular weight is 181 g/mol. The van der Waals surface area contributed by atoms with Crippen molar-refractivity contribution in [2.45, 2.75) is 0 Å². The highest BCUT2D eigenvalue weighted by Crippen LogP contribution is 2.25. The zero-order chi connectivity index (χ0) is 9.71. The zero-order valence-corrected chi connectivity index (χ0v) is 7.82. The van der Waals surface area contributed by atoms with Gasteiger partial charge in [0.05, 0.1) is 11.4 Å². The third-order valence-electron chi connectivity index (χ3n) is 2.70. The lowest BCUT2D eigenvalue weighted by molar-refractivity contribution is 0.104. The van der Waals surface area contributed by atoms with E-state index in [1.54, 1.807) is 0 Å². The predicted octanol–water partition coefficient (Wildman–Crippen LogP) is 0.280. The van der Waals surface area contributed by atoms with Crippen LogP contribution in [0.5, 0.6) is 0 Å². The van der Waals surface area contributed by atoms with Crippen LogP contribution in [0.1, 0.15) is 16.1 Å². The summed E-state index contributed by atoms with van der Waals surface area (Å²) in [5.74, 6) is 0.133. The minimum atomic E-state index is 0.133. The van der Waals surface area contributed by atoms with Crippen LogP contribution in [-0.2, 0) is 0 Å². The molecule has 1 aliphatic rings. The highest BCUT2D eigenvalue weighted by Gasteiger charge is 2.26. The number of ketones is 1. The molecule has 1 aromatic heterocycles. The summed E-state index contributed by atoms with van der Waals surface area (Å²) in [5.41, 5.74) is 3.78. The van der Waals surface area contributed by atoms with Gasteiger partial charge in [0.2, 0.25) is 5.78 Å². The lowest BCUT2D eigenvalue weighted by atomic mass is 9.91. The van der Waals surface area contributed by atoms with Gasteiger partial charge < -0.3 is 4.57 Å². The summed E-state index contributed by atoms with van der Waals surface area (Å²) >= 11 is 0. The molecule has 66 valence electrons. The maximum absolute atomic E-state index is 11.9. The molecule has 0 spiro atoms. The molecule has 2 heterocycles. The summed E-state index contributed by atoms with van der Waals surface area (Å²) in [7, 11) is 2.03. The summed E-state index contributed by atoms with van der Waals surface area (Å²) in [6.45, 7) is 0. The van der Waals surface area contributed by atoms with Crippen molar-refractivity contribution in [3.63, 3.8) is 0 Å². The molecule has 3 rings (SSSR count). The van der Waals surface area contributed by atoms with Crippen molar-refractivity contribution in [1.29, 1.82) is 0 Å². The molecule has 0 radical (unpaired) electrons. The van der Waals surface area contributed by atoms with Crippen LogP contribution in [0.4, 0.5) is 0 Å². The second-order valence-corrected chi connectivity index (χ2v) is 3.56. The molecular weight excluding hydrogens is 173 g/mol. The van der Waals surface area contributed by atoms with Crippen LogP contribution >= 0.6 is 0 Å². The number of carbonyl (C=O) groups is 1. The molecule has 0 saturated heterocycles. The topological polar surface area (TPSA) is 22.0 Å². The first-order valence-electron chi connectivity index (χ1n) is 4.61. The normalized spacial score (nSPS) is 12.7. The Morgan fingerprint density at radius 1 is 1.14 bits per heavy atom. The predicted molar refractivity (Wildman–Crippen MR) is 57.4 cm³/mol. The van der Waals surface area contributed by atoms with Gasteiger partial charge >= 0.3 is 0 Å². The zero-order valence-electron chi connectivity index (χ0n) is 7.82. The Morgan fingerprint density at radius 3 is 2.86 bits per heavy atom. The molecular formula is C11H8BNO. The van der Waals surface area contributed by atoms with E-state index in [4.69, 9.17) is 0 Å². The molecule has 0 amide bonds. The van der Waals surface area contributed by atoms with Crippen molar-refractivity contribution in [3.05, 3.63) is 47.8 Å². The lowest BCUT2D eigenvalue weighted by Crippen LogP contribution is -2.10. The summed E-state index contributed by atoms with van der Waals surface area (Å²) in [6.07, 6.45) is 1.94. The maximum Gasteiger partial charge on any atom is 0.211 e. The molecule has 0 N–H and O–H groups in total. The Bertz CT molecular complexity index is 542. The Morgan fingerprint density at radius 2 is 2.00 bits per heavy atom.